The predicted molar refractivity (Wildman–Crippen MR) is 96.5 cm³/mol. The van der Waals surface area contributed by atoms with Gasteiger partial charge in [0.25, 0.3) is 5.91 Å². The van der Waals surface area contributed by atoms with Crippen molar-refractivity contribution in [2.45, 2.75) is 13.3 Å². The van der Waals surface area contributed by atoms with E-state index in [4.69, 9.17) is 4.74 Å². The average Bonchev–Trinajstić information content (AvgIpc) is 3.03. The number of nitrogens with one attached hydrogen (secondary N) is 1. The number of thiophene rings is 1. The number of amides is 1. The zero-order valence-corrected chi connectivity index (χ0v) is 14.4. The molecule has 0 aliphatic rings. The maximum Gasteiger partial charge on any atom is 0.348 e. The lowest BCUT2D eigenvalue weighted by atomic mass is 10.1. The van der Waals surface area contributed by atoms with E-state index in [1.54, 1.807) is 18.2 Å². The summed E-state index contributed by atoms with van der Waals surface area (Å²) in [6, 6.07) is 13.4. The van der Waals surface area contributed by atoms with Crippen molar-refractivity contribution >= 4 is 39.0 Å². The van der Waals surface area contributed by atoms with Crippen LogP contribution in [0.15, 0.2) is 48.5 Å². The van der Waals surface area contributed by atoms with E-state index in [0.29, 0.717) is 16.0 Å². The Morgan fingerprint density at radius 1 is 1.16 bits per heavy atom. The van der Waals surface area contributed by atoms with E-state index >= 15 is 0 Å². The zero-order valence-electron chi connectivity index (χ0n) is 13.5. The van der Waals surface area contributed by atoms with Crippen LogP contribution >= 0.6 is 11.3 Å². The van der Waals surface area contributed by atoms with Gasteiger partial charge in [0.05, 0.1) is 0 Å². The Morgan fingerprint density at radius 3 is 2.80 bits per heavy atom. The Labute approximate surface area is 148 Å². The van der Waals surface area contributed by atoms with Crippen molar-refractivity contribution in [3.8, 4) is 0 Å². The molecule has 6 heteroatoms. The molecule has 0 atom stereocenters. The Balaban J connectivity index is 1.59. The minimum atomic E-state index is -0.598. The zero-order chi connectivity index (χ0) is 17.8. The predicted octanol–water partition coefficient (Wildman–Crippen LogP) is 4.40. The average molecular weight is 357 g/mol. The Hall–Kier alpha value is -2.73. The molecule has 0 bridgehead atoms. The smallest absolute Gasteiger partial charge is 0.348 e. The number of halogens is 1. The lowest BCUT2D eigenvalue weighted by Crippen LogP contribution is -2.20. The minimum absolute atomic E-state index is 0.335. The summed E-state index contributed by atoms with van der Waals surface area (Å²) in [5, 5.41) is 3.33. The molecular formula is C19H16FNO3S. The molecule has 1 N–H and O–H groups in total. The fraction of sp³-hybridized carbons (Fsp3) is 0.158. The maximum absolute atomic E-state index is 13.2. The van der Waals surface area contributed by atoms with Crippen LogP contribution in [0.5, 0.6) is 0 Å². The van der Waals surface area contributed by atoms with Crippen molar-refractivity contribution in [1.82, 2.24) is 0 Å². The molecule has 4 nitrogen and oxygen atoms in total. The summed E-state index contributed by atoms with van der Waals surface area (Å²) in [5.41, 5.74) is 1.77. The van der Waals surface area contributed by atoms with E-state index in [2.05, 4.69) is 5.32 Å². The molecule has 0 aliphatic carbocycles. The van der Waals surface area contributed by atoms with Crippen LogP contribution in [-0.2, 0) is 16.0 Å². The van der Waals surface area contributed by atoms with Gasteiger partial charge in [0.2, 0.25) is 0 Å². The van der Waals surface area contributed by atoms with Crippen LogP contribution in [0, 0.1) is 5.82 Å². The summed E-state index contributed by atoms with van der Waals surface area (Å²) < 4.78 is 19.0. The summed E-state index contributed by atoms with van der Waals surface area (Å²) in [7, 11) is 0. The quantitative estimate of drug-likeness (QED) is 0.689. The number of carbonyl (C=O) groups is 2. The number of anilines is 1. The Kier molecular flexibility index (Phi) is 5.09. The molecule has 0 aliphatic heterocycles. The summed E-state index contributed by atoms with van der Waals surface area (Å²) in [6.45, 7) is 1.65. The summed E-state index contributed by atoms with van der Waals surface area (Å²) in [4.78, 5) is 24.3. The normalized spacial score (nSPS) is 10.6. The number of aryl methyl sites for hydroxylation is 1. The first-order chi connectivity index (χ1) is 12.0. The second-order valence-corrected chi connectivity index (χ2v) is 6.55. The molecule has 1 aromatic heterocycles. The third kappa shape index (κ3) is 4.22. The highest BCUT2D eigenvalue weighted by Crippen LogP contribution is 2.26. The molecule has 0 spiro atoms. The minimum Gasteiger partial charge on any atom is -0.451 e. The van der Waals surface area contributed by atoms with Gasteiger partial charge in [0, 0.05) is 10.4 Å². The Morgan fingerprint density at radius 2 is 2.00 bits per heavy atom. The Bertz CT molecular complexity index is 935. The number of rotatable bonds is 5. The fourth-order valence-corrected chi connectivity index (χ4v) is 3.32. The third-order valence-corrected chi connectivity index (χ3v) is 4.73. The van der Waals surface area contributed by atoms with Gasteiger partial charge in [0.1, 0.15) is 10.7 Å². The van der Waals surface area contributed by atoms with E-state index in [-0.39, 0.29) is 12.4 Å². The van der Waals surface area contributed by atoms with Gasteiger partial charge < -0.3 is 10.1 Å². The highest BCUT2D eigenvalue weighted by Gasteiger charge is 2.14. The molecule has 0 saturated carbocycles. The number of esters is 1. The van der Waals surface area contributed by atoms with E-state index in [9.17, 15) is 14.0 Å². The van der Waals surface area contributed by atoms with Crippen molar-refractivity contribution in [3.05, 3.63) is 64.8 Å². The van der Waals surface area contributed by atoms with Gasteiger partial charge in [-0.05, 0) is 53.8 Å². The fourth-order valence-electron chi connectivity index (χ4n) is 2.38. The molecule has 2 aromatic carbocycles. The second-order valence-electron chi connectivity index (χ2n) is 5.47. The van der Waals surface area contributed by atoms with E-state index in [1.807, 2.05) is 25.1 Å². The second kappa shape index (κ2) is 7.44. The SMILES string of the molecule is CCc1cccc(NC(=O)COC(=O)c2cc3cc(F)ccc3s2)c1. The third-order valence-electron chi connectivity index (χ3n) is 3.63. The van der Waals surface area contributed by atoms with Crippen LogP contribution in [-0.4, -0.2) is 18.5 Å². The molecule has 0 unspecified atom stereocenters. The maximum atomic E-state index is 13.2. The first kappa shape index (κ1) is 17.1. The van der Waals surface area contributed by atoms with Gasteiger partial charge in [-0.15, -0.1) is 11.3 Å². The lowest BCUT2D eigenvalue weighted by molar-refractivity contribution is -0.119. The van der Waals surface area contributed by atoms with E-state index < -0.39 is 11.9 Å². The van der Waals surface area contributed by atoms with Crippen molar-refractivity contribution in [2.75, 3.05) is 11.9 Å². The lowest BCUT2D eigenvalue weighted by Gasteiger charge is -2.07. The number of ether oxygens (including phenoxy) is 1. The van der Waals surface area contributed by atoms with Crippen LogP contribution in [0.4, 0.5) is 10.1 Å². The molecule has 3 aromatic rings. The monoisotopic (exact) mass is 357 g/mol. The molecule has 128 valence electrons. The summed E-state index contributed by atoms with van der Waals surface area (Å²) in [6.07, 6.45) is 0.866. The molecular weight excluding hydrogens is 341 g/mol. The van der Waals surface area contributed by atoms with Crippen LogP contribution in [0.3, 0.4) is 0 Å². The van der Waals surface area contributed by atoms with Gasteiger partial charge in [-0.1, -0.05) is 19.1 Å². The first-order valence-electron chi connectivity index (χ1n) is 7.80. The van der Waals surface area contributed by atoms with Crippen LogP contribution in [0.2, 0.25) is 0 Å². The van der Waals surface area contributed by atoms with Crippen LogP contribution in [0.1, 0.15) is 22.2 Å². The van der Waals surface area contributed by atoms with Crippen molar-refractivity contribution in [1.29, 1.82) is 0 Å². The van der Waals surface area contributed by atoms with Gasteiger partial charge in [-0.25, -0.2) is 9.18 Å². The van der Waals surface area contributed by atoms with Gasteiger partial charge in [-0.3, -0.25) is 4.79 Å². The number of carbonyl (C=O) groups excluding carboxylic acids is 2. The highest BCUT2D eigenvalue weighted by molar-refractivity contribution is 7.20. The molecule has 0 saturated heterocycles. The van der Waals surface area contributed by atoms with Gasteiger partial charge >= 0.3 is 5.97 Å². The summed E-state index contributed by atoms with van der Waals surface area (Å²) in [5.74, 6) is -1.37. The van der Waals surface area contributed by atoms with Crippen molar-refractivity contribution < 1.29 is 18.7 Å². The standard InChI is InChI=1S/C19H16FNO3S/c1-2-12-4-3-5-15(8-12)21-18(22)11-24-19(23)17-10-13-9-14(20)6-7-16(13)25-17/h3-10H,2,11H2,1H3,(H,21,22). The van der Waals surface area contributed by atoms with E-state index in [1.165, 1.54) is 23.5 Å². The molecule has 0 radical (unpaired) electrons. The largest absolute Gasteiger partial charge is 0.451 e. The van der Waals surface area contributed by atoms with Crippen molar-refractivity contribution in [3.63, 3.8) is 0 Å². The molecule has 1 heterocycles. The molecule has 1 amide bonds. The van der Waals surface area contributed by atoms with E-state index in [0.717, 1.165) is 16.7 Å². The number of benzene rings is 2. The molecule has 0 fully saturated rings. The molecule has 25 heavy (non-hydrogen) atoms. The number of hydrogen-bond donors (Lipinski definition) is 1. The highest BCUT2D eigenvalue weighted by atomic mass is 32.1. The number of fused-ring (bicyclic) bond motifs is 1. The first-order valence-corrected chi connectivity index (χ1v) is 8.62. The van der Waals surface area contributed by atoms with Crippen LogP contribution in [0.25, 0.3) is 10.1 Å². The van der Waals surface area contributed by atoms with Crippen molar-refractivity contribution in [2.24, 2.45) is 0 Å². The van der Waals surface area contributed by atoms with Crippen LogP contribution < -0.4 is 5.32 Å². The number of hydrogen-bond acceptors (Lipinski definition) is 4. The topological polar surface area (TPSA) is 55.4 Å². The van der Waals surface area contributed by atoms with Gasteiger partial charge in [0.15, 0.2) is 6.61 Å². The molecule has 3 rings (SSSR count). The summed E-state index contributed by atoms with van der Waals surface area (Å²) >= 11 is 1.20. The van der Waals surface area contributed by atoms with Gasteiger partial charge in [-0.2, -0.15) is 0 Å².